The molecule has 0 heterocycles. The number of primary amides is 1. The fourth-order valence-electron chi connectivity index (χ4n) is 1.93. The van der Waals surface area contributed by atoms with E-state index in [1.165, 1.54) is 0 Å². The van der Waals surface area contributed by atoms with Gasteiger partial charge in [0.25, 0.3) is 0 Å². The summed E-state index contributed by atoms with van der Waals surface area (Å²) >= 11 is 0. The molecule has 3 saturated carbocycles. The van der Waals surface area contributed by atoms with E-state index in [-0.39, 0.29) is 5.91 Å². The molecule has 3 rings (SSSR count). The summed E-state index contributed by atoms with van der Waals surface area (Å²) < 4.78 is 12.7. The summed E-state index contributed by atoms with van der Waals surface area (Å²) in [7, 11) is 0. The maximum absolute atomic E-state index is 12.7. The standard InChI is InChI=1S/C6H8FNO/c7-6-1-5(2-6,3-6)4(8)9/h1-3H2,(H2,8,9). The van der Waals surface area contributed by atoms with Crippen molar-refractivity contribution in [3.63, 3.8) is 0 Å². The summed E-state index contributed by atoms with van der Waals surface area (Å²) in [6.07, 6.45) is 1.15. The van der Waals surface area contributed by atoms with Crippen molar-refractivity contribution in [1.82, 2.24) is 0 Å². The molecule has 3 heteroatoms. The SMILES string of the molecule is NC(=O)C12CC(F)(C1)C2. The van der Waals surface area contributed by atoms with Gasteiger partial charge >= 0.3 is 0 Å². The predicted molar refractivity (Wildman–Crippen MR) is 29.3 cm³/mol. The summed E-state index contributed by atoms with van der Waals surface area (Å²) in [5, 5.41) is 0. The van der Waals surface area contributed by atoms with Crippen LogP contribution in [0.15, 0.2) is 0 Å². The second kappa shape index (κ2) is 1.00. The van der Waals surface area contributed by atoms with Crippen LogP contribution in [-0.2, 0) is 4.79 Å². The van der Waals surface area contributed by atoms with E-state index in [2.05, 4.69) is 0 Å². The number of alkyl halides is 1. The molecule has 0 atom stereocenters. The number of halogens is 1. The second-order valence-electron chi connectivity index (χ2n) is 3.33. The highest BCUT2D eigenvalue weighted by Crippen LogP contribution is 2.69. The van der Waals surface area contributed by atoms with Crippen LogP contribution in [0.5, 0.6) is 0 Å². The Labute approximate surface area is 52.2 Å². The first-order valence-electron chi connectivity index (χ1n) is 3.05. The maximum Gasteiger partial charge on any atom is 0.223 e. The maximum atomic E-state index is 12.7. The van der Waals surface area contributed by atoms with Gasteiger partial charge in [-0.15, -0.1) is 0 Å². The molecule has 3 aliphatic rings. The average Bonchev–Trinajstić information content (AvgIpc) is 1.54. The Kier molecular flexibility index (Phi) is 0.579. The van der Waals surface area contributed by atoms with Crippen molar-refractivity contribution in [2.75, 3.05) is 0 Å². The number of carbonyl (C=O) groups excluding carboxylic acids is 1. The predicted octanol–water partition coefficient (Wildman–Crippen LogP) is 0.364. The van der Waals surface area contributed by atoms with Crippen LogP contribution in [0.3, 0.4) is 0 Å². The van der Waals surface area contributed by atoms with Crippen LogP contribution in [-0.4, -0.2) is 11.6 Å². The molecule has 2 bridgehead atoms. The summed E-state index contributed by atoms with van der Waals surface area (Å²) in [6, 6.07) is 0. The van der Waals surface area contributed by atoms with Crippen LogP contribution in [0, 0.1) is 5.41 Å². The molecule has 0 aliphatic heterocycles. The van der Waals surface area contributed by atoms with E-state index in [0.29, 0.717) is 19.3 Å². The lowest BCUT2D eigenvalue weighted by molar-refractivity contribution is -0.211. The molecular formula is C6H8FNO. The first-order valence-corrected chi connectivity index (χ1v) is 3.05. The van der Waals surface area contributed by atoms with Gasteiger partial charge in [-0.25, -0.2) is 4.39 Å². The minimum absolute atomic E-state index is 0.318. The molecule has 3 fully saturated rings. The molecule has 0 saturated heterocycles. The van der Waals surface area contributed by atoms with Crippen molar-refractivity contribution in [3.05, 3.63) is 0 Å². The number of nitrogens with two attached hydrogens (primary N) is 1. The van der Waals surface area contributed by atoms with Gasteiger partial charge in [0.15, 0.2) is 0 Å². The molecule has 0 aromatic heterocycles. The highest BCUT2D eigenvalue weighted by Gasteiger charge is 2.72. The number of hydrogen-bond donors (Lipinski definition) is 1. The zero-order valence-corrected chi connectivity index (χ0v) is 4.98. The first kappa shape index (κ1) is 5.21. The van der Waals surface area contributed by atoms with Gasteiger partial charge in [0.05, 0.1) is 5.41 Å². The Hall–Kier alpha value is -0.600. The third-order valence-corrected chi connectivity index (χ3v) is 2.49. The highest BCUT2D eigenvalue weighted by atomic mass is 19.1. The van der Waals surface area contributed by atoms with Gasteiger partial charge in [-0.3, -0.25) is 4.79 Å². The molecule has 3 aliphatic carbocycles. The highest BCUT2D eigenvalue weighted by molar-refractivity contribution is 5.85. The molecule has 2 N–H and O–H groups in total. The van der Waals surface area contributed by atoms with Crippen molar-refractivity contribution < 1.29 is 9.18 Å². The first-order chi connectivity index (χ1) is 4.06. The molecule has 0 unspecified atom stereocenters. The van der Waals surface area contributed by atoms with Crippen LogP contribution in [0.2, 0.25) is 0 Å². The molecule has 0 aromatic rings. The third kappa shape index (κ3) is 0.394. The lowest BCUT2D eigenvalue weighted by Crippen LogP contribution is -2.69. The van der Waals surface area contributed by atoms with Gasteiger partial charge in [-0.05, 0) is 19.3 Å². The smallest absolute Gasteiger partial charge is 0.223 e. The molecule has 1 amide bonds. The van der Waals surface area contributed by atoms with Crippen LogP contribution in [0.1, 0.15) is 19.3 Å². The Balaban J connectivity index is 2.13. The minimum Gasteiger partial charge on any atom is -0.369 e. The Morgan fingerprint density at radius 1 is 1.44 bits per heavy atom. The van der Waals surface area contributed by atoms with Gasteiger partial charge < -0.3 is 5.73 Å². The van der Waals surface area contributed by atoms with Gasteiger partial charge in [0.1, 0.15) is 5.67 Å². The molecule has 0 aromatic carbocycles. The van der Waals surface area contributed by atoms with E-state index >= 15 is 0 Å². The largest absolute Gasteiger partial charge is 0.369 e. The van der Waals surface area contributed by atoms with Crippen LogP contribution < -0.4 is 5.73 Å². The van der Waals surface area contributed by atoms with Crippen LogP contribution in [0.4, 0.5) is 4.39 Å². The number of carbonyl (C=O) groups is 1. The Morgan fingerprint density at radius 3 is 2.00 bits per heavy atom. The Bertz CT molecular complexity index is 170. The summed E-state index contributed by atoms with van der Waals surface area (Å²) in [5.74, 6) is -0.318. The quantitative estimate of drug-likeness (QED) is 0.546. The molecule has 9 heavy (non-hydrogen) atoms. The normalized spacial score (nSPS) is 53.4. The van der Waals surface area contributed by atoms with Gasteiger partial charge in [-0.1, -0.05) is 0 Å². The zero-order valence-electron chi connectivity index (χ0n) is 4.98. The van der Waals surface area contributed by atoms with Gasteiger partial charge in [0.2, 0.25) is 5.91 Å². The van der Waals surface area contributed by atoms with E-state index < -0.39 is 11.1 Å². The van der Waals surface area contributed by atoms with E-state index in [4.69, 9.17) is 5.73 Å². The fourth-order valence-corrected chi connectivity index (χ4v) is 1.93. The number of amides is 1. The topological polar surface area (TPSA) is 43.1 Å². The zero-order chi connectivity index (χ0) is 6.70. The summed E-state index contributed by atoms with van der Waals surface area (Å²) in [4.78, 5) is 10.5. The molecular weight excluding hydrogens is 121 g/mol. The van der Waals surface area contributed by atoms with Crippen molar-refractivity contribution in [2.45, 2.75) is 24.9 Å². The number of hydrogen-bond acceptors (Lipinski definition) is 1. The molecule has 50 valence electrons. The van der Waals surface area contributed by atoms with Gasteiger partial charge in [-0.2, -0.15) is 0 Å². The lowest BCUT2D eigenvalue weighted by atomic mass is 9.42. The lowest BCUT2D eigenvalue weighted by Gasteiger charge is -2.63. The van der Waals surface area contributed by atoms with Crippen molar-refractivity contribution in [3.8, 4) is 0 Å². The minimum atomic E-state index is -0.991. The third-order valence-electron chi connectivity index (χ3n) is 2.49. The van der Waals surface area contributed by atoms with Crippen LogP contribution in [0.25, 0.3) is 0 Å². The van der Waals surface area contributed by atoms with E-state index in [1.54, 1.807) is 0 Å². The molecule has 2 nitrogen and oxygen atoms in total. The average molecular weight is 129 g/mol. The van der Waals surface area contributed by atoms with Crippen LogP contribution >= 0.6 is 0 Å². The summed E-state index contributed by atoms with van der Waals surface area (Å²) in [5.41, 5.74) is 3.62. The van der Waals surface area contributed by atoms with Crippen molar-refractivity contribution in [2.24, 2.45) is 11.1 Å². The summed E-state index contributed by atoms with van der Waals surface area (Å²) in [6.45, 7) is 0. The van der Waals surface area contributed by atoms with E-state index in [1.807, 2.05) is 0 Å². The van der Waals surface area contributed by atoms with Crippen molar-refractivity contribution in [1.29, 1.82) is 0 Å². The Morgan fingerprint density at radius 2 is 1.89 bits per heavy atom. The van der Waals surface area contributed by atoms with Crippen molar-refractivity contribution >= 4 is 5.91 Å². The van der Waals surface area contributed by atoms with Gasteiger partial charge in [0, 0.05) is 0 Å². The monoisotopic (exact) mass is 129 g/mol. The molecule has 0 radical (unpaired) electrons. The fraction of sp³-hybridized carbons (Fsp3) is 0.833. The second-order valence-corrected chi connectivity index (χ2v) is 3.33. The van der Waals surface area contributed by atoms with E-state index in [0.717, 1.165) is 0 Å². The number of rotatable bonds is 1. The van der Waals surface area contributed by atoms with E-state index in [9.17, 15) is 9.18 Å². The molecule has 0 spiro atoms.